The van der Waals surface area contributed by atoms with Crippen LogP contribution in [0.1, 0.15) is 52.4 Å². The summed E-state index contributed by atoms with van der Waals surface area (Å²) in [6.07, 6.45) is 6.83. The van der Waals surface area contributed by atoms with Crippen molar-refractivity contribution in [3.8, 4) is 0 Å². The highest BCUT2D eigenvalue weighted by Gasteiger charge is 2.26. The van der Waals surface area contributed by atoms with E-state index in [0.29, 0.717) is 25.0 Å². The van der Waals surface area contributed by atoms with Crippen LogP contribution in [-0.4, -0.2) is 54.5 Å². The number of likely N-dealkylation sites (tertiary alicyclic amines) is 1. The van der Waals surface area contributed by atoms with E-state index in [1.54, 1.807) is 0 Å². The van der Waals surface area contributed by atoms with Crippen LogP contribution < -0.4 is 5.73 Å². The summed E-state index contributed by atoms with van der Waals surface area (Å²) in [6.45, 7) is 8.45. The first kappa shape index (κ1) is 16.4. The van der Waals surface area contributed by atoms with Crippen molar-refractivity contribution in [3.63, 3.8) is 0 Å². The zero-order valence-electron chi connectivity index (χ0n) is 12.7. The first-order valence-corrected chi connectivity index (χ1v) is 7.94. The minimum atomic E-state index is 0.294. The van der Waals surface area contributed by atoms with Crippen LogP contribution in [0.3, 0.4) is 0 Å². The highest BCUT2D eigenvalue weighted by molar-refractivity contribution is 5.78. The van der Waals surface area contributed by atoms with Gasteiger partial charge in [-0.2, -0.15) is 0 Å². The fraction of sp³-hybridized carbons (Fsp3) is 0.933. The molecule has 19 heavy (non-hydrogen) atoms. The lowest BCUT2D eigenvalue weighted by molar-refractivity contribution is -0.132. The Bertz CT molecular complexity index is 250. The molecule has 1 amide bonds. The van der Waals surface area contributed by atoms with Crippen molar-refractivity contribution in [2.45, 2.75) is 58.4 Å². The van der Waals surface area contributed by atoms with E-state index in [2.05, 4.69) is 23.6 Å². The molecule has 1 aliphatic heterocycles. The van der Waals surface area contributed by atoms with Gasteiger partial charge in [0.15, 0.2) is 0 Å². The third-order valence-electron chi connectivity index (χ3n) is 4.03. The fourth-order valence-electron chi connectivity index (χ4n) is 2.70. The summed E-state index contributed by atoms with van der Waals surface area (Å²) in [6, 6.07) is 0.420. The van der Waals surface area contributed by atoms with Gasteiger partial charge >= 0.3 is 0 Å². The number of rotatable bonds is 9. The molecule has 112 valence electrons. The van der Waals surface area contributed by atoms with E-state index in [-0.39, 0.29) is 0 Å². The molecule has 1 saturated heterocycles. The van der Waals surface area contributed by atoms with Gasteiger partial charge < -0.3 is 10.6 Å². The lowest BCUT2D eigenvalue weighted by Crippen LogP contribution is -2.44. The Balaban J connectivity index is 2.45. The van der Waals surface area contributed by atoms with Crippen molar-refractivity contribution < 1.29 is 4.79 Å². The summed E-state index contributed by atoms with van der Waals surface area (Å²) >= 11 is 0. The molecule has 0 radical (unpaired) electrons. The van der Waals surface area contributed by atoms with Crippen molar-refractivity contribution in [2.75, 3.05) is 32.7 Å². The Labute approximate surface area is 118 Å². The fourth-order valence-corrected chi connectivity index (χ4v) is 2.70. The van der Waals surface area contributed by atoms with Crippen LogP contribution in [0.2, 0.25) is 0 Å². The largest absolute Gasteiger partial charge is 0.342 e. The first-order valence-electron chi connectivity index (χ1n) is 7.94. The van der Waals surface area contributed by atoms with Gasteiger partial charge in [-0.1, -0.05) is 26.7 Å². The molecule has 1 heterocycles. The first-order chi connectivity index (χ1) is 9.22. The average molecular weight is 269 g/mol. The normalized spacial score (nSPS) is 19.8. The Hall–Kier alpha value is -0.610. The summed E-state index contributed by atoms with van der Waals surface area (Å²) in [4.78, 5) is 16.7. The second-order valence-corrected chi connectivity index (χ2v) is 5.59. The number of carbonyl (C=O) groups excluding carboxylic acids is 1. The number of amides is 1. The second kappa shape index (κ2) is 9.32. The maximum absolute atomic E-state index is 12.4. The van der Waals surface area contributed by atoms with Gasteiger partial charge in [-0.25, -0.2) is 0 Å². The lowest BCUT2D eigenvalue weighted by atomic mass is 10.2. The van der Waals surface area contributed by atoms with E-state index in [0.717, 1.165) is 51.7 Å². The topological polar surface area (TPSA) is 49.6 Å². The molecule has 1 fully saturated rings. The molecule has 0 saturated carbocycles. The third kappa shape index (κ3) is 5.49. The van der Waals surface area contributed by atoms with Gasteiger partial charge in [-0.05, 0) is 32.2 Å². The summed E-state index contributed by atoms with van der Waals surface area (Å²) in [5.41, 5.74) is 5.77. The number of hydrogen-bond donors (Lipinski definition) is 1. The van der Waals surface area contributed by atoms with Crippen molar-refractivity contribution in [3.05, 3.63) is 0 Å². The summed E-state index contributed by atoms with van der Waals surface area (Å²) < 4.78 is 0. The summed E-state index contributed by atoms with van der Waals surface area (Å²) in [7, 11) is 0. The molecular formula is C15H31N3O. The predicted octanol–water partition coefficient (Wildman–Crippen LogP) is 1.84. The summed E-state index contributed by atoms with van der Waals surface area (Å²) in [5, 5.41) is 0. The van der Waals surface area contributed by atoms with E-state index in [9.17, 15) is 4.79 Å². The number of nitrogens with two attached hydrogens (primary N) is 1. The van der Waals surface area contributed by atoms with Crippen LogP contribution in [0, 0.1) is 0 Å². The molecule has 1 rings (SSSR count). The molecule has 0 aromatic heterocycles. The molecule has 1 atom stereocenters. The van der Waals surface area contributed by atoms with E-state index in [1.807, 2.05) is 0 Å². The highest BCUT2D eigenvalue weighted by atomic mass is 16.2. The van der Waals surface area contributed by atoms with E-state index >= 15 is 0 Å². The van der Waals surface area contributed by atoms with Crippen molar-refractivity contribution in [2.24, 2.45) is 5.73 Å². The van der Waals surface area contributed by atoms with Gasteiger partial charge in [0.1, 0.15) is 0 Å². The highest BCUT2D eigenvalue weighted by Crippen LogP contribution is 2.16. The van der Waals surface area contributed by atoms with E-state index in [1.165, 1.54) is 6.42 Å². The monoisotopic (exact) mass is 269 g/mol. The van der Waals surface area contributed by atoms with Crippen LogP contribution in [0.15, 0.2) is 0 Å². The third-order valence-corrected chi connectivity index (χ3v) is 4.03. The molecule has 0 aliphatic carbocycles. The van der Waals surface area contributed by atoms with Crippen molar-refractivity contribution >= 4 is 5.91 Å². The van der Waals surface area contributed by atoms with E-state index in [4.69, 9.17) is 5.73 Å². The zero-order valence-corrected chi connectivity index (χ0v) is 12.7. The van der Waals surface area contributed by atoms with E-state index < -0.39 is 0 Å². The number of nitrogens with zero attached hydrogens (tertiary/aromatic N) is 2. The molecule has 0 aromatic rings. The maximum Gasteiger partial charge on any atom is 0.236 e. The Morgan fingerprint density at radius 2 is 1.89 bits per heavy atom. The molecule has 4 heteroatoms. The Morgan fingerprint density at radius 3 is 2.42 bits per heavy atom. The van der Waals surface area contributed by atoms with Gasteiger partial charge in [-0.3, -0.25) is 9.69 Å². The second-order valence-electron chi connectivity index (χ2n) is 5.59. The molecule has 0 bridgehead atoms. The molecule has 1 unspecified atom stereocenters. The van der Waals surface area contributed by atoms with Crippen LogP contribution >= 0.6 is 0 Å². The molecule has 1 aliphatic rings. The smallest absolute Gasteiger partial charge is 0.236 e. The minimum absolute atomic E-state index is 0.294. The zero-order chi connectivity index (χ0) is 14.1. The van der Waals surface area contributed by atoms with Crippen LogP contribution in [-0.2, 0) is 4.79 Å². The van der Waals surface area contributed by atoms with Gasteiger partial charge in [-0.15, -0.1) is 0 Å². The SMILES string of the molecule is CCCCN(CCCC)C(=O)CN1CCCC1CN. The quantitative estimate of drug-likeness (QED) is 0.695. The van der Waals surface area contributed by atoms with Gasteiger partial charge in [0.25, 0.3) is 0 Å². The predicted molar refractivity (Wildman–Crippen MR) is 80.0 cm³/mol. The standard InChI is InChI=1S/C15H31N3O/c1-3-5-9-17(10-6-4-2)15(19)13-18-11-7-8-14(18)12-16/h14H,3-13,16H2,1-2H3. The molecule has 2 N–H and O–H groups in total. The lowest BCUT2D eigenvalue weighted by Gasteiger charge is -2.28. The van der Waals surface area contributed by atoms with Crippen molar-refractivity contribution in [1.82, 2.24) is 9.80 Å². The molecule has 0 spiro atoms. The van der Waals surface area contributed by atoms with Gasteiger partial charge in [0.05, 0.1) is 6.54 Å². The number of carbonyl (C=O) groups is 1. The van der Waals surface area contributed by atoms with Crippen molar-refractivity contribution in [1.29, 1.82) is 0 Å². The van der Waals surface area contributed by atoms with Crippen LogP contribution in [0.25, 0.3) is 0 Å². The van der Waals surface area contributed by atoms with Gasteiger partial charge in [0.2, 0.25) is 5.91 Å². The minimum Gasteiger partial charge on any atom is -0.342 e. The molecular weight excluding hydrogens is 238 g/mol. The Kier molecular flexibility index (Phi) is 8.07. The molecule has 0 aromatic carbocycles. The Morgan fingerprint density at radius 1 is 1.26 bits per heavy atom. The number of unbranched alkanes of at least 4 members (excludes halogenated alkanes) is 2. The molecule has 4 nitrogen and oxygen atoms in total. The summed E-state index contributed by atoms with van der Waals surface area (Å²) in [5.74, 6) is 0.294. The van der Waals surface area contributed by atoms with Crippen LogP contribution in [0.4, 0.5) is 0 Å². The maximum atomic E-state index is 12.4. The average Bonchev–Trinajstić information content (AvgIpc) is 2.86. The van der Waals surface area contributed by atoms with Crippen LogP contribution in [0.5, 0.6) is 0 Å². The van der Waals surface area contributed by atoms with Gasteiger partial charge in [0, 0.05) is 25.7 Å². The number of hydrogen-bond acceptors (Lipinski definition) is 3.